The zero-order chi connectivity index (χ0) is 23.7. The number of nitrogens with one attached hydrogen (secondary N) is 1. The average molecular weight is 460 g/mol. The fourth-order valence-electron chi connectivity index (χ4n) is 4.34. The van der Waals surface area contributed by atoms with Crippen LogP contribution in [0.25, 0.3) is 22.6 Å². The number of aryl methyl sites for hydroxylation is 2. The van der Waals surface area contributed by atoms with Gasteiger partial charge in [0.05, 0.1) is 12.7 Å². The second-order valence-corrected chi connectivity index (χ2v) is 8.05. The molecule has 1 aliphatic rings. The molecule has 1 saturated heterocycles. The fraction of sp³-hybridized carbons (Fsp3) is 0.348. The Bertz CT molecular complexity index is 1310. The summed E-state index contributed by atoms with van der Waals surface area (Å²) in [5.41, 5.74) is 2.19. The van der Waals surface area contributed by atoms with Crippen molar-refractivity contribution in [1.29, 1.82) is 0 Å². The van der Waals surface area contributed by atoms with Crippen LogP contribution in [0.4, 0.5) is 11.6 Å². The molecule has 0 unspecified atom stereocenters. The predicted octanol–water partition coefficient (Wildman–Crippen LogP) is 2.24. The minimum absolute atomic E-state index is 0.0675. The molecule has 1 N–H and O–H groups in total. The molecule has 0 spiro atoms. The molecule has 0 bridgehead atoms. The summed E-state index contributed by atoms with van der Waals surface area (Å²) >= 11 is 0. The third-order valence-electron chi connectivity index (χ3n) is 5.95. The van der Waals surface area contributed by atoms with Gasteiger partial charge in [0.15, 0.2) is 17.0 Å². The van der Waals surface area contributed by atoms with Crippen LogP contribution in [0.2, 0.25) is 0 Å². The summed E-state index contributed by atoms with van der Waals surface area (Å²) in [6, 6.07) is 5.13. The number of esters is 1. The van der Waals surface area contributed by atoms with Crippen molar-refractivity contribution in [2.75, 3.05) is 23.9 Å². The van der Waals surface area contributed by atoms with E-state index in [1.807, 2.05) is 41.5 Å². The number of pyridine rings is 1. The number of anilines is 2. The monoisotopic (exact) mass is 459 g/mol. The molecular formula is C23H25N9O2. The van der Waals surface area contributed by atoms with E-state index in [0.29, 0.717) is 36.7 Å². The maximum absolute atomic E-state index is 12.5. The van der Waals surface area contributed by atoms with Crippen LogP contribution < -0.4 is 10.2 Å². The van der Waals surface area contributed by atoms with Crippen molar-refractivity contribution in [3.8, 4) is 11.4 Å². The molecule has 1 aliphatic heterocycles. The van der Waals surface area contributed by atoms with Gasteiger partial charge in [-0.1, -0.05) is 6.07 Å². The summed E-state index contributed by atoms with van der Waals surface area (Å²) in [4.78, 5) is 41.3. The molecule has 5 heterocycles. The lowest BCUT2D eigenvalue weighted by atomic mass is 10.1. The lowest BCUT2D eigenvalue weighted by Crippen LogP contribution is -2.37. The van der Waals surface area contributed by atoms with Gasteiger partial charge in [0.25, 0.3) is 0 Å². The first-order valence-electron chi connectivity index (χ1n) is 11.1. The maximum Gasteiger partial charge on any atom is 0.328 e. The molecule has 4 aromatic rings. The van der Waals surface area contributed by atoms with Gasteiger partial charge in [0, 0.05) is 44.1 Å². The number of hydrogen-bond donors (Lipinski definition) is 1. The van der Waals surface area contributed by atoms with Crippen molar-refractivity contribution in [3.05, 3.63) is 48.9 Å². The normalized spacial score (nSPS) is 17.8. The van der Waals surface area contributed by atoms with Crippen LogP contribution in [0.3, 0.4) is 0 Å². The Morgan fingerprint density at radius 2 is 2.00 bits per heavy atom. The summed E-state index contributed by atoms with van der Waals surface area (Å²) in [6.45, 7) is 5.13. The quantitative estimate of drug-likeness (QED) is 0.429. The Kier molecular flexibility index (Phi) is 5.74. The fourth-order valence-corrected chi connectivity index (χ4v) is 4.34. The van der Waals surface area contributed by atoms with Gasteiger partial charge in [-0.3, -0.25) is 0 Å². The van der Waals surface area contributed by atoms with E-state index in [1.54, 1.807) is 18.6 Å². The second-order valence-electron chi connectivity index (χ2n) is 8.05. The van der Waals surface area contributed by atoms with Gasteiger partial charge in [0.2, 0.25) is 0 Å². The number of hydrogen-bond acceptors (Lipinski definition) is 10. The van der Waals surface area contributed by atoms with Gasteiger partial charge >= 0.3 is 5.97 Å². The van der Waals surface area contributed by atoms with Crippen LogP contribution in [0.15, 0.2) is 43.1 Å². The van der Waals surface area contributed by atoms with Gasteiger partial charge in [-0.15, -0.1) is 0 Å². The molecule has 5 rings (SSSR count). The van der Waals surface area contributed by atoms with Crippen molar-refractivity contribution in [2.45, 2.75) is 38.9 Å². The minimum atomic E-state index is -0.441. The Labute approximate surface area is 196 Å². The number of nitrogens with zero attached hydrogens (tertiary/aromatic N) is 8. The predicted molar refractivity (Wildman–Crippen MR) is 126 cm³/mol. The second kappa shape index (κ2) is 9.00. The first-order valence-corrected chi connectivity index (χ1v) is 11.1. The molecule has 11 heteroatoms. The summed E-state index contributed by atoms with van der Waals surface area (Å²) < 4.78 is 7.07. The summed E-state index contributed by atoms with van der Waals surface area (Å²) in [6.07, 6.45) is 7.31. The number of carbonyl (C=O) groups excluding carboxylic acids is 1. The van der Waals surface area contributed by atoms with Crippen molar-refractivity contribution in [1.82, 2.24) is 34.5 Å². The van der Waals surface area contributed by atoms with E-state index in [0.717, 1.165) is 22.9 Å². The van der Waals surface area contributed by atoms with Gasteiger partial charge in [0.1, 0.15) is 29.8 Å². The van der Waals surface area contributed by atoms with Gasteiger partial charge in [-0.2, -0.15) is 0 Å². The van der Waals surface area contributed by atoms with Gasteiger partial charge < -0.3 is 19.5 Å². The molecule has 0 aromatic carbocycles. The SMILES string of the molecule is CCn1c(-c2cnc(C)nc2)nc2c(N[C@H]3C[C@H](C(=O)OC)N(c4ccccn4)C3)ncnc21. The van der Waals surface area contributed by atoms with E-state index >= 15 is 0 Å². The smallest absolute Gasteiger partial charge is 0.328 e. The third kappa shape index (κ3) is 3.89. The number of carbonyl (C=O) groups is 1. The molecule has 0 aliphatic carbocycles. The molecule has 34 heavy (non-hydrogen) atoms. The first kappa shape index (κ1) is 21.7. The standard InChI is InChI=1S/C23H25N9O2/c1-4-31-21(15-10-25-14(2)26-11-15)30-19-20(27-13-28-22(19)31)29-16-9-17(23(33)34-3)32(12-16)18-7-5-6-8-24-18/h5-8,10-11,13,16-17H,4,9,12H2,1-3H3,(H,27,28,29)/t16-,17+/m0/s1. The van der Waals surface area contributed by atoms with Gasteiger partial charge in [-0.05, 0) is 26.0 Å². The Morgan fingerprint density at radius 3 is 2.71 bits per heavy atom. The molecule has 11 nitrogen and oxygen atoms in total. The van der Waals surface area contributed by atoms with Crippen LogP contribution in [-0.4, -0.2) is 66.2 Å². The van der Waals surface area contributed by atoms with E-state index in [-0.39, 0.29) is 12.0 Å². The molecule has 174 valence electrons. The molecule has 4 aromatic heterocycles. The lowest BCUT2D eigenvalue weighted by Gasteiger charge is -2.23. The number of imidazole rings is 1. The van der Waals surface area contributed by atoms with Crippen molar-refractivity contribution < 1.29 is 9.53 Å². The molecule has 1 fully saturated rings. The molecule has 0 radical (unpaired) electrons. The number of ether oxygens (including phenoxy) is 1. The van der Waals surface area contributed by atoms with E-state index in [4.69, 9.17) is 9.72 Å². The molecule has 0 amide bonds. The van der Waals surface area contributed by atoms with Crippen LogP contribution in [0, 0.1) is 6.92 Å². The van der Waals surface area contributed by atoms with E-state index in [9.17, 15) is 4.79 Å². The summed E-state index contributed by atoms with van der Waals surface area (Å²) in [7, 11) is 1.40. The topological polar surface area (TPSA) is 124 Å². The minimum Gasteiger partial charge on any atom is -0.467 e. The number of fused-ring (bicyclic) bond motifs is 1. The van der Waals surface area contributed by atoms with Crippen LogP contribution in [0.1, 0.15) is 19.2 Å². The maximum atomic E-state index is 12.5. The number of aromatic nitrogens is 7. The molecule has 2 atom stereocenters. The number of rotatable bonds is 6. The third-order valence-corrected chi connectivity index (χ3v) is 5.95. The lowest BCUT2D eigenvalue weighted by molar-refractivity contribution is -0.141. The van der Waals surface area contributed by atoms with Crippen LogP contribution in [0.5, 0.6) is 0 Å². The highest BCUT2D eigenvalue weighted by Gasteiger charge is 2.38. The van der Waals surface area contributed by atoms with E-state index < -0.39 is 6.04 Å². The molecule has 0 saturated carbocycles. The van der Waals surface area contributed by atoms with Crippen molar-refractivity contribution in [2.24, 2.45) is 0 Å². The summed E-state index contributed by atoms with van der Waals surface area (Å²) in [5.74, 6) is 2.48. The van der Waals surface area contributed by atoms with E-state index in [2.05, 4.69) is 30.2 Å². The van der Waals surface area contributed by atoms with Crippen LogP contribution >= 0.6 is 0 Å². The van der Waals surface area contributed by atoms with E-state index in [1.165, 1.54) is 13.4 Å². The zero-order valence-corrected chi connectivity index (χ0v) is 19.2. The highest BCUT2D eigenvalue weighted by atomic mass is 16.5. The molecular weight excluding hydrogens is 434 g/mol. The van der Waals surface area contributed by atoms with Crippen molar-refractivity contribution in [3.63, 3.8) is 0 Å². The first-order chi connectivity index (χ1) is 16.6. The van der Waals surface area contributed by atoms with Gasteiger partial charge in [-0.25, -0.2) is 34.7 Å². The largest absolute Gasteiger partial charge is 0.467 e. The highest BCUT2D eigenvalue weighted by molar-refractivity contribution is 5.87. The zero-order valence-electron chi connectivity index (χ0n) is 19.2. The van der Waals surface area contributed by atoms with Crippen molar-refractivity contribution >= 4 is 28.8 Å². The summed E-state index contributed by atoms with van der Waals surface area (Å²) in [5, 5.41) is 3.48. The number of methoxy groups -OCH3 is 1. The van der Waals surface area contributed by atoms with Crippen LogP contribution in [-0.2, 0) is 16.1 Å². The Hall–Kier alpha value is -4.15. The highest BCUT2D eigenvalue weighted by Crippen LogP contribution is 2.30. The Morgan fingerprint density at radius 1 is 1.18 bits per heavy atom. The Balaban J connectivity index is 1.48. The average Bonchev–Trinajstić information content (AvgIpc) is 3.47.